The molecule has 0 aromatic rings. The molecule has 0 rings (SSSR count). The summed E-state index contributed by atoms with van der Waals surface area (Å²) in [4.78, 5) is 0. The molecule has 15 heavy (non-hydrogen) atoms. The van der Waals surface area contributed by atoms with Gasteiger partial charge in [-0.1, -0.05) is 0 Å². The molecule has 0 unspecified atom stereocenters. The Morgan fingerprint density at radius 2 is 1.00 bits per heavy atom. The zero-order chi connectivity index (χ0) is 13.1. The average Bonchev–Trinajstić information content (AvgIpc) is 1.80. The molecule has 0 aliphatic rings. The molecule has 96 valence electrons. The van der Waals surface area contributed by atoms with Crippen LogP contribution in [0.4, 0.5) is 0 Å². The average molecular weight is 266 g/mol. The van der Waals surface area contributed by atoms with Gasteiger partial charge in [0.1, 0.15) is 0 Å². The first kappa shape index (κ1) is 20.2. The van der Waals surface area contributed by atoms with Crippen LogP contribution in [0.25, 0.3) is 0 Å². The van der Waals surface area contributed by atoms with Crippen LogP contribution in [0.5, 0.6) is 0 Å². The largest absolute Gasteiger partial charge is 0.330 e. The molecule has 8 nitrogen and oxygen atoms in total. The zero-order valence-corrected chi connectivity index (χ0v) is 10.3. The highest BCUT2D eigenvalue weighted by Crippen LogP contribution is 1.61. The van der Waals surface area contributed by atoms with Crippen LogP contribution in [-0.2, 0) is 20.2 Å². The molecule has 0 aromatic carbocycles. The van der Waals surface area contributed by atoms with E-state index in [1.807, 2.05) is 0 Å². The van der Waals surface area contributed by atoms with Gasteiger partial charge in [-0.05, 0) is 19.5 Å². The monoisotopic (exact) mass is 266 g/mol. The van der Waals surface area contributed by atoms with Crippen LogP contribution < -0.4 is 11.5 Å². The lowest BCUT2D eigenvalue weighted by Crippen LogP contribution is -2.06. The third-order valence-electron chi connectivity index (χ3n) is 0.408. The molecule has 0 heterocycles. The highest BCUT2D eigenvalue weighted by molar-refractivity contribution is 7.85. The lowest BCUT2D eigenvalue weighted by Gasteiger charge is -1.81. The smallest absolute Gasteiger partial charge is 0.261 e. The Kier molecular flexibility index (Phi) is 13.8. The highest BCUT2D eigenvalue weighted by Gasteiger charge is 1.82. The molecule has 0 radical (unpaired) electrons. The zero-order valence-electron chi connectivity index (χ0n) is 8.62. The van der Waals surface area contributed by atoms with Crippen LogP contribution in [0.3, 0.4) is 0 Å². The minimum atomic E-state index is -3.67. The van der Waals surface area contributed by atoms with Crippen molar-refractivity contribution < 1.29 is 25.9 Å². The molecule has 0 aliphatic carbocycles. The SMILES string of the molecule is CS(=O)(=O)O.CS(=O)(=O)O.NCCCN. The van der Waals surface area contributed by atoms with Crippen molar-refractivity contribution in [3.63, 3.8) is 0 Å². The van der Waals surface area contributed by atoms with E-state index >= 15 is 0 Å². The van der Waals surface area contributed by atoms with E-state index in [1.165, 1.54) is 0 Å². The summed E-state index contributed by atoms with van der Waals surface area (Å²) in [5.41, 5.74) is 10.1. The Balaban J connectivity index is -0.000000144. The molecule has 0 spiro atoms. The van der Waals surface area contributed by atoms with Gasteiger partial charge in [0.25, 0.3) is 20.2 Å². The van der Waals surface area contributed by atoms with Gasteiger partial charge in [-0.25, -0.2) is 0 Å². The van der Waals surface area contributed by atoms with Gasteiger partial charge in [-0.3, -0.25) is 9.11 Å². The highest BCUT2D eigenvalue weighted by atomic mass is 32.2. The van der Waals surface area contributed by atoms with Crippen LogP contribution in [0.15, 0.2) is 0 Å². The summed E-state index contributed by atoms with van der Waals surface area (Å²) in [5, 5.41) is 0. The topological polar surface area (TPSA) is 161 Å². The molecule has 0 saturated carbocycles. The van der Waals surface area contributed by atoms with Gasteiger partial charge in [-0.15, -0.1) is 0 Å². The van der Waals surface area contributed by atoms with Crippen molar-refractivity contribution in [1.29, 1.82) is 0 Å². The normalized spacial score (nSPS) is 10.5. The van der Waals surface area contributed by atoms with Crippen LogP contribution in [-0.4, -0.2) is 51.5 Å². The fraction of sp³-hybridized carbons (Fsp3) is 1.00. The van der Waals surface area contributed by atoms with Gasteiger partial charge in [0, 0.05) is 0 Å². The molecule has 6 N–H and O–H groups in total. The first-order valence-corrected chi connectivity index (χ1v) is 7.36. The van der Waals surface area contributed by atoms with Crippen molar-refractivity contribution in [2.24, 2.45) is 11.5 Å². The van der Waals surface area contributed by atoms with E-state index in [-0.39, 0.29) is 0 Å². The molecular formula is C5H18N2O6S2. The Morgan fingerprint density at radius 1 is 0.867 bits per heavy atom. The predicted molar refractivity (Wildman–Crippen MR) is 57.7 cm³/mol. The lowest BCUT2D eigenvalue weighted by molar-refractivity contribution is 0.488. The van der Waals surface area contributed by atoms with Gasteiger partial charge in [0.15, 0.2) is 0 Å². The van der Waals surface area contributed by atoms with Crippen LogP contribution in [0, 0.1) is 0 Å². The van der Waals surface area contributed by atoms with E-state index in [4.69, 9.17) is 20.6 Å². The molecule has 0 bridgehead atoms. The Labute approximate surface area is 90.1 Å². The van der Waals surface area contributed by atoms with Crippen molar-refractivity contribution in [3.8, 4) is 0 Å². The standard InChI is InChI=1S/C3H10N2.2CH4O3S/c4-2-1-3-5;2*1-5(2,3)4/h1-5H2;2*1H3,(H,2,3,4). The van der Waals surface area contributed by atoms with Crippen LogP contribution >= 0.6 is 0 Å². The molecule has 10 heteroatoms. The fourth-order valence-corrected chi connectivity index (χ4v) is 0.118. The molecule has 0 fully saturated rings. The maximum absolute atomic E-state index is 9.19. The second-order valence-electron chi connectivity index (χ2n) is 2.40. The number of nitrogens with two attached hydrogens (primary N) is 2. The first-order chi connectivity index (χ1) is 6.41. The predicted octanol–water partition coefficient (Wildman–Crippen LogP) is -1.70. The van der Waals surface area contributed by atoms with E-state index in [9.17, 15) is 16.8 Å². The van der Waals surface area contributed by atoms with Crippen molar-refractivity contribution in [2.45, 2.75) is 6.42 Å². The third-order valence-corrected chi connectivity index (χ3v) is 0.408. The van der Waals surface area contributed by atoms with Crippen LogP contribution in [0.2, 0.25) is 0 Å². The number of hydrogen-bond acceptors (Lipinski definition) is 6. The van der Waals surface area contributed by atoms with Crippen molar-refractivity contribution in [2.75, 3.05) is 25.6 Å². The Morgan fingerprint density at radius 3 is 1.00 bits per heavy atom. The van der Waals surface area contributed by atoms with Gasteiger partial charge < -0.3 is 11.5 Å². The summed E-state index contributed by atoms with van der Waals surface area (Å²) in [6.07, 6.45) is 2.38. The van der Waals surface area contributed by atoms with Crippen molar-refractivity contribution >= 4 is 20.2 Å². The van der Waals surface area contributed by atoms with Crippen molar-refractivity contribution in [3.05, 3.63) is 0 Å². The van der Waals surface area contributed by atoms with E-state index < -0.39 is 20.2 Å². The summed E-state index contributed by atoms with van der Waals surface area (Å²) in [6.45, 7) is 1.44. The Hall–Kier alpha value is -0.260. The first-order valence-electron chi connectivity index (χ1n) is 3.66. The van der Waals surface area contributed by atoms with E-state index in [0.717, 1.165) is 19.5 Å². The summed E-state index contributed by atoms with van der Waals surface area (Å²) in [7, 11) is -7.33. The van der Waals surface area contributed by atoms with E-state index in [2.05, 4.69) is 0 Å². The van der Waals surface area contributed by atoms with Gasteiger partial charge in [0.2, 0.25) is 0 Å². The minimum absolute atomic E-state index is 0.715. The third kappa shape index (κ3) is 625. The summed E-state index contributed by atoms with van der Waals surface area (Å²) in [5.74, 6) is 0. The quantitative estimate of drug-likeness (QED) is 0.430. The maximum Gasteiger partial charge on any atom is 0.261 e. The molecule has 0 amide bonds. The number of hydrogen-bond donors (Lipinski definition) is 4. The summed E-state index contributed by atoms with van der Waals surface area (Å²) >= 11 is 0. The second kappa shape index (κ2) is 10.3. The van der Waals surface area contributed by atoms with Gasteiger partial charge >= 0.3 is 0 Å². The van der Waals surface area contributed by atoms with Gasteiger partial charge in [0.05, 0.1) is 12.5 Å². The fourth-order valence-electron chi connectivity index (χ4n) is 0.118. The number of rotatable bonds is 2. The summed E-state index contributed by atoms with van der Waals surface area (Å²) in [6, 6.07) is 0. The molecular weight excluding hydrogens is 248 g/mol. The maximum atomic E-state index is 9.19. The minimum Gasteiger partial charge on any atom is -0.330 e. The van der Waals surface area contributed by atoms with E-state index in [0.29, 0.717) is 12.5 Å². The molecule has 0 saturated heterocycles. The molecule has 0 aromatic heterocycles. The summed E-state index contributed by atoms with van der Waals surface area (Å²) < 4.78 is 51.7. The van der Waals surface area contributed by atoms with Crippen molar-refractivity contribution in [1.82, 2.24) is 0 Å². The van der Waals surface area contributed by atoms with E-state index in [1.54, 1.807) is 0 Å². The molecule has 0 atom stereocenters. The van der Waals surface area contributed by atoms with Gasteiger partial charge in [-0.2, -0.15) is 16.8 Å². The lowest BCUT2D eigenvalue weighted by atomic mass is 10.4. The van der Waals surface area contributed by atoms with Crippen LogP contribution in [0.1, 0.15) is 6.42 Å². The Bertz CT molecular complexity index is 260. The molecule has 0 aliphatic heterocycles. The second-order valence-corrected chi connectivity index (χ2v) is 5.33.